The van der Waals surface area contributed by atoms with Gasteiger partial charge in [-0.15, -0.1) is 5.10 Å². The van der Waals surface area contributed by atoms with Crippen LogP contribution >= 0.6 is 0 Å². The molecule has 1 saturated heterocycles. The largest absolute Gasteiger partial charge is 0.406 e. The Balaban J connectivity index is 2.13. The SMILES string of the molecule is CNC(C)c1nnc(N2CC(C)CCC2C)o1. The predicted octanol–water partition coefficient (Wildman–Crippen LogP) is 1.97. The molecule has 2 heterocycles. The van der Waals surface area contributed by atoms with Crippen molar-refractivity contribution in [1.29, 1.82) is 0 Å². The highest BCUT2D eigenvalue weighted by Crippen LogP contribution is 2.27. The van der Waals surface area contributed by atoms with Crippen LogP contribution in [0, 0.1) is 5.92 Å². The van der Waals surface area contributed by atoms with Gasteiger partial charge in [0.25, 0.3) is 0 Å². The summed E-state index contributed by atoms with van der Waals surface area (Å²) in [6.07, 6.45) is 2.48. The zero-order valence-corrected chi connectivity index (χ0v) is 11.1. The number of aromatic nitrogens is 2. The maximum absolute atomic E-state index is 5.74. The van der Waals surface area contributed by atoms with Crippen molar-refractivity contribution in [1.82, 2.24) is 15.5 Å². The molecule has 1 aliphatic heterocycles. The minimum Gasteiger partial charge on any atom is -0.406 e. The molecule has 0 bridgehead atoms. The van der Waals surface area contributed by atoms with Gasteiger partial charge in [-0.25, -0.2) is 0 Å². The average Bonchev–Trinajstić information content (AvgIpc) is 2.80. The molecule has 5 heteroatoms. The third-order valence-electron chi connectivity index (χ3n) is 3.60. The van der Waals surface area contributed by atoms with Crippen molar-refractivity contribution in [2.75, 3.05) is 18.5 Å². The number of nitrogens with one attached hydrogen (secondary N) is 1. The van der Waals surface area contributed by atoms with Gasteiger partial charge < -0.3 is 14.6 Å². The van der Waals surface area contributed by atoms with E-state index in [1.54, 1.807) is 0 Å². The van der Waals surface area contributed by atoms with Crippen LogP contribution in [-0.4, -0.2) is 29.8 Å². The van der Waals surface area contributed by atoms with Gasteiger partial charge in [-0.05, 0) is 39.7 Å². The van der Waals surface area contributed by atoms with Crippen LogP contribution in [0.1, 0.15) is 45.5 Å². The quantitative estimate of drug-likeness (QED) is 0.872. The van der Waals surface area contributed by atoms with Gasteiger partial charge in [0, 0.05) is 12.6 Å². The minimum absolute atomic E-state index is 0.105. The molecule has 0 radical (unpaired) electrons. The molecule has 1 aromatic rings. The van der Waals surface area contributed by atoms with Crippen LogP contribution in [0.5, 0.6) is 0 Å². The van der Waals surface area contributed by atoms with Crippen LogP contribution in [0.15, 0.2) is 4.42 Å². The highest BCUT2D eigenvalue weighted by atomic mass is 16.4. The van der Waals surface area contributed by atoms with Crippen molar-refractivity contribution in [2.45, 2.75) is 45.7 Å². The summed E-state index contributed by atoms with van der Waals surface area (Å²) < 4.78 is 5.74. The summed E-state index contributed by atoms with van der Waals surface area (Å²) in [6.45, 7) is 7.51. The molecule has 0 aliphatic carbocycles. The predicted molar refractivity (Wildman–Crippen MR) is 67.0 cm³/mol. The summed E-state index contributed by atoms with van der Waals surface area (Å²) in [5.41, 5.74) is 0. The molecule has 3 atom stereocenters. The monoisotopic (exact) mass is 238 g/mol. The van der Waals surface area contributed by atoms with Crippen LogP contribution in [0.25, 0.3) is 0 Å². The topological polar surface area (TPSA) is 54.2 Å². The summed E-state index contributed by atoms with van der Waals surface area (Å²) in [4.78, 5) is 2.23. The number of anilines is 1. The Bertz CT molecular complexity index is 365. The number of nitrogens with zero attached hydrogens (tertiary/aromatic N) is 3. The maximum atomic E-state index is 5.74. The van der Waals surface area contributed by atoms with E-state index in [9.17, 15) is 0 Å². The van der Waals surface area contributed by atoms with Gasteiger partial charge in [0.15, 0.2) is 0 Å². The molecule has 0 saturated carbocycles. The Morgan fingerprint density at radius 1 is 1.35 bits per heavy atom. The van der Waals surface area contributed by atoms with E-state index in [0.717, 1.165) is 6.54 Å². The number of hydrogen-bond acceptors (Lipinski definition) is 5. The zero-order chi connectivity index (χ0) is 12.4. The van der Waals surface area contributed by atoms with Crippen LogP contribution in [-0.2, 0) is 0 Å². The first-order valence-electron chi connectivity index (χ1n) is 6.39. The van der Waals surface area contributed by atoms with E-state index in [1.807, 2.05) is 14.0 Å². The summed E-state index contributed by atoms with van der Waals surface area (Å²) in [5.74, 6) is 1.36. The summed E-state index contributed by atoms with van der Waals surface area (Å²) in [6, 6.07) is 1.26. The summed E-state index contributed by atoms with van der Waals surface area (Å²) in [7, 11) is 1.89. The number of hydrogen-bond donors (Lipinski definition) is 1. The van der Waals surface area contributed by atoms with E-state index in [0.29, 0.717) is 23.9 Å². The van der Waals surface area contributed by atoms with Gasteiger partial charge >= 0.3 is 6.01 Å². The highest BCUT2D eigenvalue weighted by molar-refractivity contribution is 5.27. The lowest BCUT2D eigenvalue weighted by Gasteiger charge is -2.35. The zero-order valence-electron chi connectivity index (χ0n) is 11.1. The molecule has 17 heavy (non-hydrogen) atoms. The molecule has 96 valence electrons. The van der Waals surface area contributed by atoms with Crippen molar-refractivity contribution in [3.05, 3.63) is 5.89 Å². The van der Waals surface area contributed by atoms with E-state index < -0.39 is 0 Å². The Morgan fingerprint density at radius 2 is 2.12 bits per heavy atom. The van der Waals surface area contributed by atoms with Crippen LogP contribution in [0.4, 0.5) is 6.01 Å². The molecule has 0 spiro atoms. The Kier molecular flexibility index (Phi) is 3.66. The highest BCUT2D eigenvalue weighted by Gasteiger charge is 2.27. The lowest BCUT2D eigenvalue weighted by Crippen LogP contribution is -2.41. The molecule has 2 rings (SSSR count). The van der Waals surface area contributed by atoms with Crippen LogP contribution in [0.3, 0.4) is 0 Å². The normalized spacial score (nSPS) is 27.2. The standard InChI is InChI=1S/C12H22N4O/c1-8-5-6-9(2)16(7-8)12-15-14-11(17-12)10(3)13-4/h8-10,13H,5-7H2,1-4H3. The summed E-state index contributed by atoms with van der Waals surface area (Å²) >= 11 is 0. The van der Waals surface area contributed by atoms with Gasteiger partial charge in [0.05, 0.1) is 6.04 Å². The van der Waals surface area contributed by atoms with Crippen molar-refractivity contribution in [3.63, 3.8) is 0 Å². The van der Waals surface area contributed by atoms with Crippen molar-refractivity contribution in [2.24, 2.45) is 5.92 Å². The maximum Gasteiger partial charge on any atom is 0.318 e. The van der Waals surface area contributed by atoms with Crippen LogP contribution < -0.4 is 10.2 Å². The molecule has 1 aromatic heterocycles. The minimum atomic E-state index is 0.105. The Labute approximate surface area is 103 Å². The van der Waals surface area contributed by atoms with Crippen molar-refractivity contribution >= 4 is 6.01 Å². The second-order valence-corrected chi connectivity index (χ2v) is 5.12. The second-order valence-electron chi connectivity index (χ2n) is 5.12. The number of rotatable bonds is 3. The first-order chi connectivity index (χ1) is 8.11. The smallest absolute Gasteiger partial charge is 0.318 e. The molecular formula is C12H22N4O. The molecule has 1 aliphatic rings. The molecular weight excluding hydrogens is 216 g/mol. The van der Waals surface area contributed by atoms with Crippen LogP contribution in [0.2, 0.25) is 0 Å². The average molecular weight is 238 g/mol. The van der Waals surface area contributed by atoms with Gasteiger partial charge in [-0.1, -0.05) is 12.0 Å². The Morgan fingerprint density at radius 3 is 2.82 bits per heavy atom. The lowest BCUT2D eigenvalue weighted by atomic mass is 9.96. The van der Waals surface area contributed by atoms with E-state index in [4.69, 9.17) is 4.42 Å². The van der Waals surface area contributed by atoms with E-state index >= 15 is 0 Å². The molecule has 0 aromatic carbocycles. The van der Waals surface area contributed by atoms with Gasteiger partial charge in [-0.3, -0.25) is 0 Å². The fourth-order valence-electron chi connectivity index (χ4n) is 2.20. The lowest BCUT2D eigenvalue weighted by molar-refractivity contribution is 0.354. The fourth-order valence-corrected chi connectivity index (χ4v) is 2.20. The van der Waals surface area contributed by atoms with Gasteiger partial charge in [-0.2, -0.15) is 0 Å². The number of piperidine rings is 1. The molecule has 0 amide bonds. The van der Waals surface area contributed by atoms with Crippen molar-refractivity contribution < 1.29 is 4.42 Å². The fraction of sp³-hybridized carbons (Fsp3) is 0.833. The third kappa shape index (κ3) is 2.60. The first-order valence-corrected chi connectivity index (χ1v) is 6.39. The second kappa shape index (κ2) is 5.04. The van der Waals surface area contributed by atoms with Gasteiger partial charge in [0.2, 0.25) is 5.89 Å². The molecule has 1 fully saturated rings. The van der Waals surface area contributed by atoms with E-state index in [2.05, 4.69) is 34.3 Å². The van der Waals surface area contributed by atoms with Crippen molar-refractivity contribution in [3.8, 4) is 0 Å². The van der Waals surface area contributed by atoms with E-state index in [1.165, 1.54) is 12.8 Å². The first kappa shape index (κ1) is 12.4. The van der Waals surface area contributed by atoms with E-state index in [-0.39, 0.29) is 6.04 Å². The molecule has 3 unspecified atom stereocenters. The summed E-state index contributed by atoms with van der Waals surface area (Å²) in [5, 5.41) is 11.4. The third-order valence-corrected chi connectivity index (χ3v) is 3.60. The molecule has 5 nitrogen and oxygen atoms in total. The van der Waals surface area contributed by atoms with Gasteiger partial charge in [0.1, 0.15) is 0 Å². The Hall–Kier alpha value is -1.10. The molecule has 1 N–H and O–H groups in total.